The molecule has 0 amide bonds. The van der Waals surface area contributed by atoms with Crippen LogP contribution in [0.2, 0.25) is 0 Å². The average molecular weight is 218 g/mol. The van der Waals surface area contributed by atoms with Crippen molar-refractivity contribution in [3.05, 3.63) is 0 Å². The molecule has 1 atom stereocenters. The van der Waals surface area contributed by atoms with E-state index in [4.69, 9.17) is 11.6 Å². The summed E-state index contributed by atoms with van der Waals surface area (Å²) in [6, 6.07) is 0.568. The Bertz CT molecular complexity index is 158. The Labute approximate surface area is 93.6 Å². The summed E-state index contributed by atoms with van der Waals surface area (Å²) in [6.45, 7) is 8.03. The SMILES string of the molecule is CC(C)(C)C(CCCl)NCCC1CC1. The molecule has 1 saturated carbocycles. The van der Waals surface area contributed by atoms with E-state index in [-0.39, 0.29) is 0 Å². The fourth-order valence-electron chi connectivity index (χ4n) is 1.82. The molecule has 84 valence electrons. The minimum atomic E-state index is 0.332. The van der Waals surface area contributed by atoms with Crippen molar-refractivity contribution in [3.63, 3.8) is 0 Å². The smallest absolute Gasteiger partial charge is 0.0238 e. The summed E-state index contributed by atoms with van der Waals surface area (Å²) in [5.41, 5.74) is 0.332. The van der Waals surface area contributed by atoms with Crippen molar-refractivity contribution in [2.24, 2.45) is 11.3 Å². The number of rotatable bonds is 6. The lowest BCUT2D eigenvalue weighted by Crippen LogP contribution is -2.41. The van der Waals surface area contributed by atoms with Gasteiger partial charge in [-0.25, -0.2) is 0 Å². The zero-order valence-corrected chi connectivity index (χ0v) is 10.5. The van der Waals surface area contributed by atoms with Gasteiger partial charge in [0.15, 0.2) is 0 Å². The molecule has 0 bridgehead atoms. The molecule has 14 heavy (non-hydrogen) atoms. The molecule has 0 spiro atoms. The maximum Gasteiger partial charge on any atom is 0.0238 e. The predicted molar refractivity (Wildman–Crippen MR) is 63.9 cm³/mol. The van der Waals surface area contributed by atoms with Crippen LogP contribution in [0.4, 0.5) is 0 Å². The molecule has 2 heteroatoms. The third kappa shape index (κ3) is 4.65. The van der Waals surface area contributed by atoms with Crippen molar-refractivity contribution < 1.29 is 0 Å². The van der Waals surface area contributed by atoms with Gasteiger partial charge in [0, 0.05) is 11.9 Å². The average Bonchev–Trinajstić information content (AvgIpc) is 2.85. The summed E-state index contributed by atoms with van der Waals surface area (Å²) in [5.74, 6) is 1.79. The molecule has 0 saturated heterocycles. The van der Waals surface area contributed by atoms with Crippen LogP contribution in [0.3, 0.4) is 0 Å². The van der Waals surface area contributed by atoms with Gasteiger partial charge in [0.2, 0.25) is 0 Å². The number of hydrogen-bond acceptors (Lipinski definition) is 1. The van der Waals surface area contributed by atoms with E-state index in [0.29, 0.717) is 11.5 Å². The van der Waals surface area contributed by atoms with Gasteiger partial charge >= 0.3 is 0 Å². The maximum absolute atomic E-state index is 5.82. The highest BCUT2D eigenvalue weighted by molar-refractivity contribution is 6.17. The second kappa shape index (κ2) is 5.37. The summed E-state index contributed by atoms with van der Waals surface area (Å²) in [7, 11) is 0. The van der Waals surface area contributed by atoms with E-state index in [1.807, 2.05) is 0 Å². The van der Waals surface area contributed by atoms with E-state index >= 15 is 0 Å². The van der Waals surface area contributed by atoms with Gasteiger partial charge in [-0.3, -0.25) is 0 Å². The molecule has 0 aliphatic heterocycles. The Morgan fingerprint density at radius 2 is 2.00 bits per heavy atom. The minimum absolute atomic E-state index is 0.332. The highest BCUT2D eigenvalue weighted by atomic mass is 35.5. The lowest BCUT2D eigenvalue weighted by Gasteiger charge is -2.31. The third-order valence-corrected chi connectivity index (χ3v) is 3.30. The molecule has 1 aliphatic rings. The lowest BCUT2D eigenvalue weighted by atomic mass is 9.85. The van der Waals surface area contributed by atoms with Crippen LogP contribution in [0.1, 0.15) is 46.5 Å². The molecule has 1 N–H and O–H groups in total. The van der Waals surface area contributed by atoms with Gasteiger partial charge in [0.1, 0.15) is 0 Å². The third-order valence-electron chi connectivity index (χ3n) is 3.08. The van der Waals surface area contributed by atoms with E-state index in [2.05, 4.69) is 26.1 Å². The zero-order valence-electron chi connectivity index (χ0n) is 9.78. The predicted octanol–water partition coefficient (Wildman–Crippen LogP) is 3.42. The molecule has 1 rings (SSSR count). The van der Waals surface area contributed by atoms with Crippen LogP contribution in [0.25, 0.3) is 0 Å². The zero-order chi connectivity index (χ0) is 10.6. The Hall–Kier alpha value is 0.250. The van der Waals surface area contributed by atoms with E-state index in [1.165, 1.54) is 25.8 Å². The van der Waals surface area contributed by atoms with Gasteiger partial charge in [0.25, 0.3) is 0 Å². The topological polar surface area (TPSA) is 12.0 Å². The van der Waals surface area contributed by atoms with Crippen molar-refractivity contribution in [2.75, 3.05) is 12.4 Å². The first-order valence-corrected chi connectivity index (χ1v) is 6.37. The van der Waals surface area contributed by atoms with Crippen LogP contribution in [-0.2, 0) is 0 Å². The Morgan fingerprint density at radius 1 is 1.36 bits per heavy atom. The van der Waals surface area contributed by atoms with Gasteiger partial charge in [-0.2, -0.15) is 0 Å². The Kier molecular flexibility index (Phi) is 4.72. The van der Waals surface area contributed by atoms with Gasteiger partial charge < -0.3 is 5.32 Å². The van der Waals surface area contributed by atoms with Gasteiger partial charge in [-0.15, -0.1) is 11.6 Å². The van der Waals surface area contributed by atoms with Crippen LogP contribution >= 0.6 is 11.6 Å². The minimum Gasteiger partial charge on any atom is -0.313 e. The molecular formula is C12H24ClN. The first-order valence-electron chi connectivity index (χ1n) is 5.83. The van der Waals surface area contributed by atoms with Crippen molar-refractivity contribution in [1.29, 1.82) is 0 Å². The number of nitrogens with one attached hydrogen (secondary N) is 1. The number of hydrogen-bond donors (Lipinski definition) is 1. The first-order chi connectivity index (χ1) is 6.54. The highest BCUT2D eigenvalue weighted by Crippen LogP contribution is 2.32. The summed E-state index contributed by atoms with van der Waals surface area (Å²) < 4.78 is 0. The Balaban J connectivity index is 2.19. The normalized spacial score (nSPS) is 19.7. The Morgan fingerprint density at radius 3 is 2.43 bits per heavy atom. The molecule has 0 heterocycles. The van der Waals surface area contributed by atoms with E-state index in [0.717, 1.165) is 18.2 Å². The second-order valence-corrected chi connectivity index (χ2v) is 5.96. The summed E-state index contributed by atoms with van der Waals surface area (Å²) in [4.78, 5) is 0. The van der Waals surface area contributed by atoms with Crippen molar-refractivity contribution >= 4 is 11.6 Å². The van der Waals surface area contributed by atoms with Crippen LogP contribution in [-0.4, -0.2) is 18.5 Å². The van der Waals surface area contributed by atoms with Gasteiger partial charge in [0.05, 0.1) is 0 Å². The molecule has 1 fully saturated rings. The lowest BCUT2D eigenvalue weighted by molar-refractivity contribution is 0.260. The van der Waals surface area contributed by atoms with Crippen LogP contribution in [0, 0.1) is 11.3 Å². The first kappa shape index (κ1) is 12.3. The fraction of sp³-hybridized carbons (Fsp3) is 1.00. The summed E-state index contributed by atoms with van der Waals surface area (Å²) in [6.07, 6.45) is 5.35. The summed E-state index contributed by atoms with van der Waals surface area (Å²) in [5, 5.41) is 3.65. The molecule has 0 aromatic carbocycles. The fourth-order valence-corrected chi connectivity index (χ4v) is 2.04. The molecule has 0 aromatic heterocycles. The monoisotopic (exact) mass is 217 g/mol. The molecule has 0 radical (unpaired) electrons. The largest absolute Gasteiger partial charge is 0.313 e. The van der Waals surface area contributed by atoms with E-state index < -0.39 is 0 Å². The summed E-state index contributed by atoms with van der Waals surface area (Å²) >= 11 is 5.82. The molecule has 1 unspecified atom stereocenters. The van der Waals surface area contributed by atoms with Crippen LogP contribution in [0.5, 0.6) is 0 Å². The molecular weight excluding hydrogens is 194 g/mol. The molecule has 1 nitrogen and oxygen atoms in total. The quantitative estimate of drug-likeness (QED) is 0.673. The standard InChI is InChI=1S/C12H24ClN/c1-12(2,3)11(6-8-13)14-9-7-10-4-5-10/h10-11,14H,4-9H2,1-3H3. The van der Waals surface area contributed by atoms with E-state index in [9.17, 15) is 0 Å². The second-order valence-electron chi connectivity index (χ2n) is 5.58. The van der Waals surface area contributed by atoms with Gasteiger partial charge in [-0.05, 0) is 30.7 Å². The van der Waals surface area contributed by atoms with Gasteiger partial charge in [-0.1, -0.05) is 33.6 Å². The van der Waals surface area contributed by atoms with Crippen LogP contribution < -0.4 is 5.32 Å². The van der Waals surface area contributed by atoms with Crippen LogP contribution in [0.15, 0.2) is 0 Å². The maximum atomic E-state index is 5.82. The van der Waals surface area contributed by atoms with E-state index in [1.54, 1.807) is 0 Å². The number of halogens is 1. The molecule has 0 aromatic rings. The van der Waals surface area contributed by atoms with Crippen molar-refractivity contribution in [2.45, 2.75) is 52.5 Å². The highest BCUT2D eigenvalue weighted by Gasteiger charge is 2.25. The van der Waals surface area contributed by atoms with Crippen molar-refractivity contribution in [3.8, 4) is 0 Å². The van der Waals surface area contributed by atoms with Crippen molar-refractivity contribution in [1.82, 2.24) is 5.32 Å². The number of alkyl halides is 1. The molecule has 1 aliphatic carbocycles.